The van der Waals surface area contributed by atoms with Gasteiger partial charge in [-0.1, -0.05) is 25.8 Å². The summed E-state index contributed by atoms with van der Waals surface area (Å²) in [6.07, 6.45) is 4.47. The van der Waals surface area contributed by atoms with Crippen molar-refractivity contribution in [1.29, 1.82) is 0 Å². The summed E-state index contributed by atoms with van der Waals surface area (Å²) in [6.45, 7) is 2.63. The largest absolute Gasteiger partial charge is 0.351 e. The molecule has 1 fully saturated rings. The minimum atomic E-state index is -1.08. The van der Waals surface area contributed by atoms with E-state index in [0.717, 1.165) is 18.9 Å². The molecule has 0 aliphatic heterocycles. The molecule has 1 aromatic rings. The topological polar surface area (TPSA) is 29.1 Å². The Hall–Kier alpha value is -1.45. The van der Waals surface area contributed by atoms with Crippen LogP contribution >= 0.6 is 0 Å². The van der Waals surface area contributed by atoms with E-state index in [-0.39, 0.29) is 11.0 Å². The molecule has 98 valence electrons. The van der Waals surface area contributed by atoms with Crippen LogP contribution in [0.2, 0.25) is 0 Å². The van der Waals surface area contributed by atoms with Crippen LogP contribution in [-0.2, 0) is 0 Å². The maximum atomic E-state index is 13.4. The Balaban J connectivity index is 2.01. The predicted octanol–water partition coefficient (Wildman–Crippen LogP) is 3.27. The van der Waals surface area contributed by atoms with E-state index >= 15 is 0 Å². The lowest BCUT2D eigenvalue weighted by atomic mass is 9.89. The van der Waals surface area contributed by atoms with Crippen LogP contribution in [0.15, 0.2) is 18.2 Å². The molecule has 1 aliphatic rings. The van der Waals surface area contributed by atoms with Crippen LogP contribution in [0.5, 0.6) is 0 Å². The summed E-state index contributed by atoms with van der Waals surface area (Å²) < 4.78 is 26.4. The first-order valence-corrected chi connectivity index (χ1v) is 6.24. The average Bonchev–Trinajstić information content (AvgIpc) is 2.77. The quantitative estimate of drug-likeness (QED) is 0.880. The molecular weight excluding hydrogens is 236 g/mol. The van der Waals surface area contributed by atoms with Crippen molar-refractivity contribution in [3.63, 3.8) is 0 Å². The second kappa shape index (κ2) is 5.04. The van der Waals surface area contributed by atoms with Gasteiger partial charge in [0.1, 0.15) is 0 Å². The van der Waals surface area contributed by atoms with Gasteiger partial charge in [-0.3, -0.25) is 4.79 Å². The van der Waals surface area contributed by atoms with Gasteiger partial charge in [-0.15, -0.1) is 0 Å². The van der Waals surface area contributed by atoms with Gasteiger partial charge in [-0.05, 0) is 30.4 Å². The summed E-state index contributed by atoms with van der Waals surface area (Å²) in [5.74, 6) is -2.61. The van der Waals surface area contributed by atoms with E-state index in [0.29, 0.717) is 6.54 Å². The van der Waals surface area contributed by atoms with Crippen molar-refractivity contribution in [3.05, 3.63) is 35.4 Å². The summed E-state index contributed by atoms with van der Waals surface area (Å²) >= 11 is 0. The van der Waals surface area contributed by atoms with Crippen molar-refractivity contribution in [2.24, 2.45) is 5.41 Å². The smallest absolute Gasteiger partial charge is 0.254 e. The Morgan fingerprint density at radius 1 is 1.33 bits per heavy atom. The molecule has 0 heterocycles. The van der Waals surface area contributed by atoms with E-state index in [1.807, 2.05) is 0 Å². The molecular formula is C14H17F2NO. The summed E-state index contributed by atoms with van der Waals surface area (Å²) in [5, 5.41) is 2.70. The maximum Gasteiger partial charge on any atom is 0.254 e. The van der Waals surface area contributed by atoms with E-state index in [2.05, 4.69) is 12.2 Å². The summed E-state index contributed by atoms with van der Waals surface area (Å²) in [6, 6.07) is 3.64. The number of carbonyl (C=O) groups is 1. The monoisotopic (exact) mass is 253 g/mol. The Morgan fingerprint density at radius 2 is 2.00 bits per heavy atom. The molecule has 18 heavy (non-hydrogen) atoms. The Bertz CT molecular complexity index is 453. The van der Waals surface area contributed by atoms with Gasteiger partial charge in [0.15, 0.2) is 11.6 Å². The van der Waals surface area contributed by atoms with Gasteiger partial charge in [-0.2, -0.15) is 0 Å². The van der Waals surface area contributed by atoms with Crippen LogP contribution in [0.1, 0.15) is 43.0 Å². The number of hydrogen-bond donors (Lipinski definition) is 1. The van der Waals surface area contributed by atoms with Gasteiger partial charge in [-0.25, -0.2) is 8.78 Å². The molecule has 0 bridgehead atoms. The normalized spacial score (nSPS) is 17.7. The first-order chi connectivity index (χ1) is 8.52. The third-order valence-corrected chi connectivity index (χ3v) is 3.68. The van der Waals surface area contributed by atoms with E-state index in [9.17, 15) is 13.6 Å². The molecule has 2 rings (SSSR count). The molecule has 0 atom stereocenters. The lowest BCUT2D eigenvalue weighted by Crippen LogP contribution is -2.34. The predicted molar refractivity (Wildman–Crippen MR) is 65.3 cm³/mol. The average molecular weight is 253 g/mol. The minimum Gasteiger partial charge on any atom is -0.351 e. The number of rotatable bonds is 3. The maximum absolute atomic E-state index is 13.4. The second-order valence-corrected chi connectivity index (χ2v) is 5.30. The van der Waals surface area contributed by atoms with Crippen LogP contribution in [0.25, 0.3) is 0 Å². The zero-order valence-corrected chi connectivity index (χ0v) is 10.4. The van der Waals surface area contributed by atoms with Crippen molar-refractivity contribution in [2.45, 2.75) is 32.6 Å². The van der Waals surface area contributed by atoms with Crippen LogP contribution < -0.4 is 5.32 Å². The van der Waals surface area contributed by atoms with Gasteiger partial charge in [0.05, 0.1) is 5.56 Å². The second-order valence-electron chi connectivity index (χ2n) is 5.30. The summed E-state index contributed by atoms with van der Waals surface area (Å²) in [4.78, 5) is 11.8. The zero-order chi connectivity index (χ0) is 13.2. The van der Waals surface area contributed by atoms with Crippen molar-refractivity contribution >= 4 is 5.91 Å². The molecule has 2 nitrogen and oxygen atoms in total. The highest BCUT2D eigenvalue weighted by molar-refractivity contribution is 5.94. The first-order valence-electron chi connectivity index (χ1n) is 6.24. The van der Waals surface area contributed by atoms with Crippen molar-refractivity contribution in [2.75, 3.05) is 6.54 Å². The SMILES string of the molecule is CC1(CNC(=O)c2cccc(F)c2F)CCCC1. The highest BCUT2D eigenvalue weighted by Gasteiger charge is 2.29. The minimum absolute atomic E-state index is 0.0967. The lowest BCUT2D eigenvalue weighted by Gasteiger charge is -2.23. The van der Waals surface area contributed by atoms with Crippen molar-refractivity contribution < 1.29 is 13.6 Å². The Kier molecular flexibility index (Phi) is 3.64. The summed E-state index contributed by atoms with van der Waals surface area (Å²) in [5.41, 5.74) is -0.129. The molecule has 1 saturated carbocycles. The van der Waals surface area contributed by atoms with Crippen molar-refractivity contribution in [1.82, 2.24) is 5.32 Å². The number of amides is 1. The molecule has 0 radical (unpaired) electrons. The fourth-order valence-corrected chi connectivity index (χ4v) is 2.47. The van der Waals surface area contributed by atoms with Gasteiger partial charge in [0.25, 0.3) is 5.91 Å². The molecule has 4 heteroatoms. The van der Waals surface area contributed by atoms with Crippen LogP contribution in [-0.4, -0.2) is 12.5 Å². The van der Waals surface area contributed by atoms with Gasteiger partial charge in [0.2, 0.25) is 0 Å². The van der Waals surface area contributed by atoms with Crippen molar-refractivity contribution in [3.8, 4) is 0 Å². The fraction of sp³-hybridized carbons (Fsp3) is 0.500. The van der Waals surface area contributed by atoms with Gasteiger partial charge < -0.3 is 5.32 Å². The number of nitrogens with one attached hydrogen (secondary N) is 1. The molecule has 0 unspecified atom stereocenters. The molecule has 0 aromatic heterocycles. The third-order valence-electron chi connectivity index (χ3n) is 3.68. The first kappa shape index (κ1) is 13.0. The molecule has 0 saturated heterocycles. The van der Waals surface area contributed by atoms with Gasteiger partial charge >= 0.3 is 0 Å². The fourth-order valence-electron chi connectivity index (χ4n) is 2.47. The van der Waals surface area contributed by atoms with E-state index in [1.165, 1.54) is 25.0 Å². The van der Waals surface area contributed by atoms with Gasteiger partial charge in [0, 0.05) is 6.54 Å². The molecule has 1 aromatic carbocycles. The number of benzene rings is 1. The number of carbonyl (C=O) groups excluding carboxylic acids is 1. The van der Waals surface area contributed by atoms with E-state index in [1.54, 1.807) is 0 Å². The highest BCUT2D eigenvalue weighted by atomic mass is 19.2. The van der Waals surface area contributed by atoms with E-state index in [4.69, 9.17) is 0 Å². The van der Waals surface area contributed by atoms with Crippen LogP contribution in [0.4, 0.5) is 8.78 Å². The Labute approximate surface area is 105 Å². The van der Waals surface area contributed by atoms with Crippen LogP contribution in [0, 0.1) is 17.0 Å². The highest BCUT2D eigenvalue weighted by Crippen LogP contribution is 2.36. The molecule has 1 aliphatic carbocycles. The van der Waals surface area contributed by atoms with Crippen LogP contribution in [0.3, 0.4) is 0 Å². The number of halogens is 2. The number of hydrogen-bond acceptors (Lipinski definition) is 1. The lowest BCUT2D eigenvalue weighted by molar-refractivity contribution is 0.0929. The third kappa shape index (κ3) is 2.68. The van der Waals surface area contributed by atoms with E-state index < -0.39 is 17.5 Å². The molecule has 1 N–H and O–H groups in total. The summed E-state index contributed by atoms with van der Waals surface area (Å²) in [7, 11) is 0. The zero-order valence-electron chi connectivity index (χ0n) is 10.4. The Morgan fingerprint density at radius 3 is 2.67 bits per heavy atom. The molecule has 1 amide bonds. The molecule has 0 spiro atoms. The standard InChI is InChI=1S/C14H17F2NO/c1-14(7-2-3-8-14)9-17-13(18)10-5-4-6-11(15)12(10)16/h4-6H,2-3,7-9H2,1H3,(H,17,18).